The molecule has 142 valence electrons. The van der Waals surface area contributed by atoms with Crippen LogP contribution in [0.1, 0.15) is 47.5 Å². The molecule has 2 aromatic rings. The van der Waals surface area contributed by atoms with Gasteiger partial charge in [-0.05, 0) is 55.2 Å². The van der Waals surface area contributed by atoms with Crippen LogP contribution in [-0.2, 0) is 9.47 Å². The summed E-state index contributed by atoms with van der Waals surface area (Å²) in [5.74, 6) is 0.945. The summed E-state index contributed by atoms with van der Waals surface area (Å²) in [5, 5.41) is 3.12. The molecule has 2 aliphatic rings. The summed E-state index contributed by atoms with van der Waals surface area (Å²) in [6.45, 7) is 0. The Morgan fingerprint density at radius 1 is 1.00 bits per heavy atom. The number of rotatable bonds is 4. The van der Waals surface area contributed by atoms with Crippen LogP contribution in [0, 0.1) is 5.92 Å². The second kappa shape index (κ2) is 8.24. The van der Waals surface area contributed by atoms with Crippen LogP contribution in [0.25, 0.3) is 0 Å². The topological polar surface area (TPSA) is 47.6 Å². The first-order valence-corrected chi connectivity index (χ1v) is 9.83. The van der Waals surface area contributed by atoms with Crippen molar-refractivity contribution < 1.29 is 14.3 Å². The molecule has 2 aromatic carbocycles. The average molecular weight is 365 g/mol. The standard InChI is InChI=1S/C23H27NO3/c1-26-23-20(24-22(25)17-10-6-3-7-11-17)14-19-13-12-18(15-21(19)27-23)16-8-4-2-5-9-16/h2-11,18-21,23H,12-15H2,1H3,(H,24,25)/t18-,19-,20+,21-,23+/m0/s1. The van der Waals surface area contributed by atoms with E-state index < -0.39 is 6.29 Å². The Labute approximate surface area is 160 Å². The van der Waals surface area contributed by atoms with Crippen molar-refractivity contribution in [3.05, 3.63) is 71.8 Å². The molecular formula is C23H27NO3. The van der Waals surface area contributed by atoms with E-state index >= 15 is 0 Å². The number of ether oxygens (including phenoxy) is 2. The lowest BCUT2D eigenvalue weighted by Crippen LogP contribution is -2.54. The highest BCUT2D eigenvalue weighted by Gasteiger charge is 2.42. The van der Waals surface area contributed by atoms with Gasteiger partial charge in [0.1, 0.15) is 0 Å². The van der Waals surface area contributed by atoms with E-state index in [2.05, 4.69) is 35.6 Å². The van der Waals surface area contributed by atoms with Gasteiger partial charge in [0.15, 0.2) is 6.29 Å². The lowest BCUT2D eigenvalue weighted by Gasteiger charge is -2.45. The van der Waals surface area contributed by atoms with Gasteiger partial charge in [0.05, 0.1) is 12.1 Å². The smallest absolute Gasteiger partial charge is 0.251 e. The van der Waals surface area contributed by atoms with E-state index in [1.165, 1.54) is 12.0 Å². The Kier molecular flexibility index (Phi) is 5.55. The van der Waals surface area contributed by atoms with Crippen molar-refractivity contribution in [2.75, 3.05) is 7.11 Å². The molecule has 4 nitrogen and oxygen atoms in total. The number of carbonyl (C=O) groups is 1. The molecule has 4 heteroatoms. The first kappa shape index (κ1) is 18.2. The summed E-state index contributed by atoms with van der Waals surface area (Å²) in [4.78, 5) is 12.5. The van der Waals surface area contributed by atoms with E-state index in [9.17, 15) is 4.79 Å². The van der Waals surface area contributed by atoms with Crippen LogP contribution in [0.15, 0.2) is 60.7 Å². The highest BCUT2D eigenvalue weighted by molar-refractivity contribution is 5.94. The first-order chi connectivity index (χ1) is 13.2. The summed E-state index contributed by atoms with van der Waals surface area (Å²) in [7, 11) is 1.66. The largest absolute Gasteiger partial charge is 0.354 e. The molecule has 0 unspecified atom stereocenters. The fourth-order valence-corrected chi connectivity index (χ4v) is 4.55. The van der Waals surface area contributed by atoms with E-state index in [0.717, 1.165) is 19.3 Å². The second-order valence-electron chi connectivity index (χ2n) is 7.64. The third-order valence-electron chi connectivity index (χ3n) is 5.98. The number of hydrogen-bond acceptors (Lipinski definition) is 3. The average Bonchev–Trinajstić information content (AvgIpc) is 2.74. The van der Waals surface area contributed by atoms with Gasteiger partial charge >= 0.3 is 0 Å². The van der Waals surface area contributed by atoms with Crippen molar-refractivity contribution >= 4 is 5.91 Å². The van der Waals surface area contributed by atoms with Gasteiger partial charge in [0, 0.05) is 12.7 Å². The zero-order valence-corrected chi connectivity index (χ0v) is 15.7. The van der Waals surface area contributed by atoms with E-state index in [1.807, 2.05) is 30.3 Å². The Morgan fingerprint density at radius 3 is 2.41 bits per heavy atom. The van der Waals surface area contributed by atoms with Gasteiger partial charge in [-0.2, -0.15) is 0 Å². The zero-order chi connectivity index (χ0) is 18.6. The third-order valence-corrected chi connectivity index (χ3v) is 5.98. The van der Waals surface area contributed by atoms with Gasteiger partial charge < -0.3 is 14.8 Å². The predicted molar refractivity (Wildman–Crippen MR) is 105 cm³/mol. The molecule has 0 bridgehead atoms. The Balaban J connectivity index is 1.42. The molecule has 1 amide bonds. The third kappa shape index (κ3) is 4.07. The van der Waals surface area contributed by atoms with Crippen LogP contribution < -0.4 is 5.32 Å². The molecule has 1 aliphatic heterocycles. The minimum atomic E-state index is -0.395. The van der Waals surface area contributed by atoms with E-state index in [4.69, 9.17) is 9.47 Å². The maximum Gasteiger partial charge on any atom is 0.251 e. The summed E-state index contributed by atoms with van der Waals surface area (Å²) in [5.41, 5.74) is 2.07. The first-order valence-electron chi connectivity index (χ1n) is 9.83. The number of fused-ring (bicyclic) bond motifs is 1. The number of amides is 1. The molecule has 1 aliphatic carbocycles. The zero-order valence-electron chi connectivity index (χ0n) is 15.7. The van der Waals surface area contributed by atoms with Crippen LogP contribution in [0.5, 0.6) is 0 Å². The molecular weight excluding hydrogens is 338 g/mol. The van der Waals surface area contributed by atoms with Gasteiger partial charge in [-0.25, -0.2) is 0 Å². The fraction of sp³-hybridized carbons (Fsp3) is 0.435. The molecule has 0 spiro atoms. The Bertz CT molecular complexity index is 749. The SMILES string of the molecule is CO[C@@H]1O[C@H]2C[C@@H](c3ccccc3)CC[C@H]2C[C@H]1NC(=O)c1ccccc1. The maximum absolute atomic E-state index is 12.5. The lowest BCUT2D eigenvalue weighted by atomic mass is 9.73. The van der Waals surface area contributed by atoms with Crippen LogP contribution in [0.2, 0.25) is 0 Å². The molecule has 4 rings (SSSR count). The summed E-state index contributed by atoms with van der Waals surface area (Å²) >= 11 is 0. The molecule has 5 atom stereocenters. The van der Waals surface area contributed by atoms with Crippen LogP contribution >= 0.6 is 0 Å². The number of benzene rings is 2. The van der Waals surface area contributed by atoms with Crippen molar-refractivity contribution in [2.24, 2.45) is 5.92 Å². The minimum absolute atomic E-state index is 0.0670. The number of hydrogen-bond donors (Lipinski definition) is 1. The molecule has 0 radical (unpaired) electrons. The predicted octanol–water partition coefficient (Wildman–Crippen LogP) is 4.13. The number of nitrogens with one attached hydrogen (secondary N) is 1. The minimum Gasteiger partial charge on any atom is -0.354 e. The Hall–Kier alpha value is -2.17. The molecule has 1 saturated heterocycles. The van der Waals surface area contributed by atoms with Crippen molar-refractivity contribution in [2.45, 2.75) is 50.0 Å². The van der Waals surface area contributed by atoms with Crippen molar-refractivity contribution in [3.63, 3.8) is 0 Å². The van der Waals surface area contributed by atoms with Crippen molar-refractivity contribution in [1.29, 1.82) is 0 Å². The molecule has 2 fully saturated rings. The Morgan fingerprint density at radius 2 is 1.70 bits per heavy atom. The van der Waals surface area contributed by atoms with Gasteiger partial charge in [-0.15, -0.1) is 0 Å². The van der Waals surface area contributed by atoms with Crippen LogP contribution in [0.4, 0.5) is 0 Å². The van der Waals surface area contributed by atoms with Crippen LogP contribution in [0.3, 0.4) is 0 Å². The molecule has 1 heterocycles. The van der Waals surface area contributed by atoms with Crippen molar-refractivity contribution in [1.82, 2.24) is 5.32 Å². The van der Waals surface area contributed by atoms with Gasteiger partial charge in [0.25, 0.3) is 5.91 Å². The quantitative estimate of drug-likeness (QED) is 0.886. The number of carbonyl (C=O) groups excluding carboxylic acids is 1. The molecule has 27 heavy (non-hydrogen) atoms. The van der Waals surface area contributed by atoms with Crippen LogP contribution in [-0.4, -0.2) is 31.5 Å². The van der Waals surface area contributed by atoms with E-state index in [-0.39, 0.29) is 18.1 Å². The van der Waals surface area contributed by atoms with E-state index in [1.54, 1.807) is 7.11 Å². The fourth-order valence-electron chi connectivity index (χ4n) is 4.55. The monoisotopic (exact) mass is 365 g/mol. The normalized spacial score (nSPS) is 30.3. The second-order valence-corrected chi connectivity index (χ2v) is 7.64. The summed E-state index contributed by atoms with van der Waals surface area (Å²) < 4.78 is 11.9. The van der Waals surface area contributed by atoms with Gasteiger partial charge in [-0.1, -0.05) is 48.5 Å². The van der Waals surface area contributed by atoms with E-state index in [0.29, 0.717) is 17.4 Å². The highest BCUT2D eigenvalue weighted by atomic mass is 16.7. The summed E-state index contributed by atoms with van der Waals surface area (Å²) in [6, 6.07) is 19.9. The molecule has 1 saturated carbocycles. The summed E-state index contributed by atoms with van der Waals surface area (Å²) in [6.07, 6.45) is 4.02. The maximum atomic E-state index is 12.5. The highest BCUT2D eigenvalue weighted by Crippen LogP contribution is 2.42. The van der Waals surface area contributed by atoms with Gasteiger partial charge in [-0.3, -0.25) is 4.79 Å². The molecule has 0 aromatic heterocycles. The molecule has 1 N–H and O–H groups in total. The van der Waals surface area contributed by atoms with Gasteiger partial charge in [0.2, 0.25) is 0 Å². The lowest BCUT2D eigenvalue weighted by molar-refractivity contribution is -0.218. The number of methoxy groups -OCH3 is 1. The van der Waals surface area contributed by atoms with Crippen molar-refractivity contribution in [3.8, 4) is 0 Å².